The van der Waals surface area contributed by atoms with Crippen molar-refractivity contribution in [2.24, 2.45) is 0 Å². The van der Waals surface area contributed by atoms with E-state index in [0.29, 0.717) is 0 Å². The van der Waals surface area contributed by atoms with E-state index >= 15 is 8.78 Å². The van der Waals surface area contributed by atoms with Gasteiger partial charge in [-0.3, -0.25) is 4.98 Å². The van der Waals surface area contributed by atoms with E-state index in [1.807, 2.05) is 42.5 Å². The summed E-state index contributed by atoms with van der Waals surface area (Å²) in [7, 11) is 0. The van der Waals surface area contributed by atoms with Gasteiger partial charge < -0.3 is 14.4 Å². The molecule has 0 saturated heterocycles. The molecule has 1 unspecified atom stereocenters. The van der Waals surface area contributed by atoms with Crippen LogP contribution in [-0.4, -0.2) is 15.0 Å². The molecule has 0 saturated carbocycles. The Morgan fingerprint density at radius 2 is 1.52 bits per heavy atom. The van der Waals surface area contributed by atoms with Gasteiger partial charge in [-0.25, -0.2) is 13.2 Å². The summed E-state index contributed by atoms with van der Waals surface area (Å²) in [6.07, 6.45) is 0.237. The van der Waals surface area contributed by atoms with Crippen molar-refractivity contribution in [1.82, 2.24) is 15.0 Å². The molecular weight excluding hydrogens is 812 g/mol. The quantitative estimate of drug-likeness (QED) is 0.166. The Morgan fingerprint density at radius 1 is 0.740 bits per heavy atom. The first kappa shape index (κ1) is 28.4. The maximum atomic E-state index is 15.1. The van der Waals surface area contributed by atoms with Gasteiger partial charge in [0.15, 0.2) is 0 Å². The summed E-state index contributed by atoms with van der Waals surface area (Å²) in [5, 5.41) is 2.20. The van der Waals surface area contributed by atoms with Gasteiger partial charge in [0.1, 0.15) is 5.58 Å². The molecule has 4 nitrogen and oxygen atoms in total. The fraction of sp³-hybridized carbons (Fsp3) is 0.0714. The first-order valence-corrected chi connectivity index (χ1v) is 15.3. The molecule has 0 spiro atoms. The molecule has 4 heterocycles. The molecule has 247 valence electrons. The first-order chi connectivity index (χ1) is 25.4. The Labute approximate surface area is 305 Å². The number of aromatic nitrogens is 3. The van der Waals surface area contributed by atoms with Crippen LogP contribution < -0.4 is 0 Å². The Bertz CT molecular complexity index is 2620. The molecule has 0 aliphatic heterocycles. The number of fused-ring (bicyclic) bond motifs is 6. The molecular formula is C42H26F3IrN3O-2. The van der Waals surface area contributed by atoms with E-state index in [4.69, 9.17) is 9.90 Å². The molecule has 4 aromatic carbocycles. The van der Waals surface area contributed by atoms with Gasteiger partial charge in [-0.15, -0.1) is 42.0 Å². The zero-order valence-electron chi connectivity index (χ0n) is 29.9. The van der Waals surface area contributed by atoms with E-state index in [9.17, 15) is 4.39 Å². The van der Waals surface area contributed by atoms with Crippen molar-refractivity contribution in [3.8, 4) is 44.8 Å². The van der Waals surface area contributed by atoms with Crippen LogP contribution in [0, 0.1) is 19.0 Å². The van der Waals surface area contributed by atoms with Crippen LogP contribution in [0.5, 0.6) is 0 Å². The number of pyridine rings is 3. The van der Waals surface area contributed by atoms with Gasteiger partial charge in [0.05, 0.1) is 12.6 Å². The Kier molecular flexibility index (Phi) is 7.65. The largest absolute Gasteiger partial charge is 0.501 e. The summed E-state index contributed by atoms with van der Waals surface area (Å²) in [5.41, 5.74) is 4.33. The minimum absolute atomic E-state index is 0. The van der Waals surface area contributed by atoms with Gasteiger partial charge in [0.25, 0.3) is 5.92 Å². The number of hydrogen-bond acceptors (Lipinski definition) is 4. The van der Waals surface area contributed by atoms with Crippen LogP contribution in [0.25, 0.3) is 66.7 Å². The molecule has 4 aromatic heterocycles. The zero-order valence-corrected chi connectivity index (χ0v) is 28.3. The number of halogens is 3. The molecule has 0 N–H and O–H groups in total. The molecule has 0 amide bonds. The van der Waals surface area contributed by atoms with Crippen LogP contribution in [0.15, 0.2) is 138 Å². The number of hydrogen-bond donors (Lipinski definition) is 0. The summed E-state index contributed by atoms with van der Waals surface area (Å²) in [4.78, 5) is 12.1. The smallest absolute Gasteiger partial charge is 0.278 e. The molecule has 1 aliphatic rings. The van der Waals surface area contributed by atoms with E-state index in [2.05, 4.69) is 63.5 Å². The van der Waals surface area contributed by atoms with Gasteiger partial charge in [-0.2, -0.15) is 0 Å². The van der Waals surface area contributed by atoms with E-state index < -0.39 is 30.2 Å². The van der Waals surface area contributed by atoms with Crippen molar-refractivity contribution in [2.75, 3.05) is 0 Å². The van der Waals surface area contributed by atoms with Crippen molar-refractivity contribution < 1.29 is 43.2 Å². The number of nitrogens with zero attached hydrogens (tertiary/aromatic N) is 3. The van der Waals surface area contributed by atoms with Crippen molar-refractivity contribution in [3.05, 3.63) is 163 Å². The third-order valence-corrected chi connectivity index (χ3v) is 8.37. The molecule has 50 heavy (non-hydrogen) atoms. The van der Waals surface area contributed by atoms with Crippen LogP contribution in [0.4, 0.5) is 13.2 Å². The van der Waals surface area contributed by atoms with Crippen molar-refractivity contribution in [1.29, 1.82) is 0 Å². The number of aryl methyl sites for hydroxylation is 1. The molecule has 8 aromatic rings. The average Bonchev–Trinajstić information content (AvgIpc) is 3.56. The second-order valence-corrected chi connectivity index (χ2v) is 11.4. The Balaban J connectivity index is 0.000000164. The summed E-state index contributed by atoms with van der Waals surface area (Å²) < 4.78 is 81.3. The van der Waals surface area contributed by atoms with Gasteiger partial charge in [0.2, 0.25) is 6.15 Å². The fourth-order valence-corrected chi connectivity index (χ4v) is 6.10. The van der Waals surface area contributed by atoms with Crippen LogP contribution in [-0.2, 0) is 26.0 Å². The van der Waals surface area contributed by atoms with Crippen LogP contribution in [0.1, 0.15) is 28.5 Å². The van der Waals surface area contributed by atoms with E-state index in [1.165, 1.54) is 42.0 Å². The molecule has 1 radical (unpaired) electrons. The van der Waals surface area contributed by atoms with E-state index in [0.717, 1.165) is 51.2 Å². The summed E-state index contributed by atoms with van der Waals surface area (Å²) in [6, 6.07) is 40.7. The number of benzene rings is 4. The maximum Gasteiger partial charge on any atom is 0.278 e. The summed E-state index contributed by atoms with van der Waals surface area (Å²) in [6.45, 7) is -2.39. The minimum atomic E-state index is -4.22. The Hall–Kier alpha value is -5.43. The molecule has 1 atom stereocenters. The van der Waals surface area contributed by atoms with Gasteiger partial charge in [-0.1, -0.05) is 89.3 Å². The second-order valence-electron chi connectivity index (χ2n) is 11.4. The van der Waals surface area contributed by atoms with E-state index in [1.54, 1.807) is 6.20 Å². The van der Waals surface area contributed by atoms with Gasteiger partial charge in [-0.05, 0) is 64.3 Å². The molecule has 0 bridgehead atoms. The average molecular weight is 842 g/mol. The number of alkyl halides is 3. The predicted octanol–water partition coefficient (Wildman–Crippen LogP) is 11.1. The van der Waals surface area contributed by atoms with Gasteiger partial charge >= 0.3 is 0 Å². The standard InChI is InChI=1S/C23H14NO.C19H12F3N2.Ir/c1-2-7-16(8-3-1)17-12-13-18-19-9-6-10-20(21-11-4-5-14-24-21)23(19)25-22(18)15-17;1-11-7-8-15(24-10-11)14-5-2-4-12-13-6-3-9-23-17(13)18(20)19(21,22)16(12)14;/h1-9,11-15H;2-4,6-10,18H,1H3;/q2*-1;/i;1D3,18D;. The van der Waals surface area contributed by atoms with Crippen molar-refractivity contribution in [2.45, 2.75) is 18.9 Å². The Morgan fingerprint density at radius 3 is 2.30 bits per heavy atom. The predicted molar refractivity (Wildman–Crippen MR) is 185 cm³/mol. The summed E-state index contributed by atoms with van der Waals surface area (Å²) in [5.74, 6) is -4.22. The fourth-order valence-electron chi connectivity index (χ4n) is 6.10. The number of furan rings is 1. The third-order valence-electron chi connectivity index (χ3n) is 8.37. The topological polar surface area (TPSA) is 51.8 Å². The minimum Gasteiger partial charge on any atom is -0.501 e. The molecule has 9 rings (SSSR count). The van der Waals surface area contributed by atoms with Crippen LogP contribution >= 0.6 is 0 Å². The molecule has 8 heteroatoms. The summed E-state index contributed by atoms with van der Waals surface area (Å²) >= 11 is 0. The van der Waals surface area contributed by atoms with Crippen LogP contribution in [0.2, 0.25) is 0 Å². The van der Waals surface area contributed by atoms with Crippen molar-refractivity contribution in [3.63, 3.8) is 0 Å². The monoisotopic (exact) mass is 842 g/mol. The molecule has 1 aliphatic carbocycles. The first-order valence-electron chi connectivity index (χ1n) is 17.3. The van der Waals surface area contributed by atoms with Crippen molar-refractivity contribution >= 4 is 21.9 Å². The normalized spacial score (nSPS) is 17.1. The van der Waals surface area contributed by atoms with E-state index in [-0.39, 0.29) is 48.1 Å². The SMILES string of the molecule is [2H]C([2H])([2H])c1ccc(-c2[c-]ccc3c2C(F)(F)C([2H])(F)c2ncccc2-3)nc1.[Ir].[c-]1ccc2c(oc3cc(-c4ccccc4)ccc32)c1-c1ccccn1. The van der Waals surface area contributed by atoms with Gasteiger partial charge in [0, 0.05) is 48.2 Å². The number of rotatable bonds is 3. The zero-order chi connectivity index (χ0) is 37.0. The maximum absolute atomic E-state index is 15.1. The third kappa shape index (κ3) is 5.81. The molecule has 0 fully saturated rings. The van der Waals surface area contributed by atoms with Crippen LogP contribution in [0.3, 0.4) is 0 Å². The second kappa shape index (κ2) is 13.5.